The highest BCUT2D eigenvalue weighted by Crippen LogP contribution is 2.63. The van der Waals surface area contributed by atoms with Crippen molar-refractivity contribution in [2.45, 2.75) is 23.0 Å². The van der Waals surface area contributed by atoms with Gasteiger partial charge in [-0.2, -0.15) is 0 Å². The van der Waals surface area contributed by atoms with Crippen molar-refractivity contribution in [1.82, 2.24) is 0 Å². The molecule has 0 radical (unpaired) electrons. The number of halogens is 1. The lowest BCUT2D eigenvalue weighted by atomic mass is 10.0. The topological polar surface area (TPSA) is 69.4 Å². The fraction of sp³-hybridized carbons (Fsp3) is 0.368. The fourth-order valence-electron chi connectivity index (χ4n) is 3.65. The van der Waals surface area contributed by atoms with Crippen LogP contribution >= 0.6 is 11.6 Å². The molecular weight excluding hydrogens is 358 g/mol. The second-order valence-corrected chi connectivity index (χ2v) is 8.89. The molecule has 0 saturated heterocycles. The van der Waals surface area contributed by atoms with Gasteiger partial charge in [0.05, 0.1) is 16.8 Å². The minimum atomic E-state index is -3.55. The summed E-state index contributed by atoms with van der Waals surface area (Å²) in [5.41, 5.74) is 6.44. The van der Waals surface area contributed by atoms with Crippen LogP contribution in [-0.2, 0) is 14.6 Å². The smallest absolute Gasteiger partial charge is 0.182 e. The van der Waals surface area contributed by atoms with Gasteiger partial charge in [0.25, 0.3) is 0 Å². The van der Waals surface area contributed by atoms with Gasteiger partial charge in [-0.3, -0.25) is 0 Å². The first kappa shape index (κ1) is 18.4. The zero-order valence-corrected chi connectivity index (χ0v) is 15.6. The Morgan fingerprint density at radius 2 is 1.76 bits per heavy atom. The Morgan fingerprint density at radius 1 is 1.12 bits per heavy atom. The van der Waals surface area contributed by atoms with E-state index in [-0.39, 0.29) is 17.4 Å². The van der Waals surface area contributed by atoms with Gasteiger partial charge < -0.3 is 10.5 Å². The summed E-state index contributed by atoms with van der Waals surface area (Å²) in [4.78, 5) is 0.273. The molecule has 25 heavy (non-hydrogen) atoms. The van der Waals surface area contributed by atoms with E-state index in [0.717, 1.165) is 5.56 Å². The van der Waals surface area contributed by atoms with Crippen LogP contribution in [0.1, 0.15) is 18.4 Å². The monoisotopic (exact) mass is 379 g/mol. The van der Waals surface area contributed by atoms with Crippen molar-refractivity contribution in [1.29, 1.82) is 0 Å². The molecule has 1 aliphatic rings. The molecule has 0 spiro atoms. The summed E-state index contributed by atoms with van der Waals surface area (Å²) in [5, 5.41) is -0.0890. The highest BCUT2D eigenvalue weighted by atomic mass is 35.5. The van der Waals surface area contributed by atoms with Gasteiger partial charge in [-0.15, -0.1) is 0 Å². The summed E-state index contributed by atoms with van der Waals surface area (Å²) in [6.45, 7) is 3.00. The minimum Gasteiger partial charge on any atom is -0.381 e. The molecule has 2 aromatic rings. The van der Waals surface area contributed by atoms with Crippen LogP contribution < -0.4 is 5.73 Å². The number of benzene rings is 2. The second-order valence-electron chi connectivity index (χ2n) is 6.38. The third kappa shape index (κ3) is 3.22. The molecule has 4 nitrogen and oxygen atoms in total. The quantitative estimate of drug-likeness (QED) is 0.801. The summed E-state index contributed by atoms with van der Waals surface area (Å²) in [5.74, 6) is -0.175. The van der Waals surface area contributed by atoms with Crippen molar-refractivity contribution in [3.63, 3.8) is 0 Å². The second kappa shape index (κ2) is 7.08. The van der Waals surface area contributed by atoms with Crippen molar-refractivity contribution in [2.24, 2.45) is 11.1 Å². The molecule has 1 saturated carbocycles. The van der Waals surface area contributed by atoms with Crippen LogP contribution in [0.2, 0.25) is 5.02 Å². The molecule has 134 valence electrons. The maximum Gasteiger partial charge on any atom is 0.182 e. The largest absolute Gasteiger partial charge is 0.381 e. The van der Waals surface area contributed by atoms with Gasteiger partial charge in [-0.05, 0) is 36.8 Å². The molecule has 2 N–H and O–H groups in total. The highest BCUT2D eigenvalue weighted by molar-refractivity contribution is 7.92. The zero-order valence-electron chi connectivity index (χ0n) is 14.1. The number of hydrogen-bond acceptors (Lipinski definition) is 4. The SMILES string of the molecule is CCOC[C@]1(CN)[C@@H](c2ccccc2)[C@@H]1S(=O)(=O)c1ccc(Cl)cc1. The number of sulfone groups is 1. The van der Waals surface area contributed by atoms with Crippen molar-refractivity contribution < 1.29 is 13.2 Å². The molecule has 6 heteroatoms. The Hall–Kier alpha value is -1.40. The Balaban J connectivity index is 2.03. The van der Waals surface area contributed by atoms with Crippen LogP contribution in [0.3, 0.4) is 0 Å². The normalized spacial score (nSPS) is 25.7. The molecule has 0 unspecified atom stereocenters. The third-order valence-electron chi connectivity index (χ3n) is 4.97. The van der Waals surface area contributed by atoms with Crippen molar-refractivity contribution in [3.05, 3.63) is 65.2 Å². The Morgan fingerprint density at radius 3 is 2.32 bits per heavy atom. The predicted molar refractivity (Wildman–Crippen MR) is 99.6 cm³/mol. The van der Waals surface area contributed by atoms with Crippen LogP contribution in [-0.4, -0.2) is 33.4 Å². The van der Waals surface area contributed by atoms with E-state index in [2.05, 4.69) is 0 Å². The van der Waals surface area contributed by atoms with Gasteiger partial charge in [0, 0.05) is 29.5 Å². The lowest BCUT2D eigenvalue weighted by Gasteiger charge is -2.16. The number of hydrogen-bond donors (Lipinski definition) is 1. The first-order valence-electron chi connectivity index (χ1n) is 8.29. The van der Waals surface area contributed by atoms with Crippen molar-refractivity contribution in [3.8, 4) is 0 Å². The number of nitrogens with two attached hydrogens (primary N) is 1. The van der Waals surface area contributed by atoms with E-state index in [1.807, 2.05) is 37.3 Å². The molecule has 0 heterocycles. The fourth-order valence-corrected chi connectivity index (χ4v) is 6.22. The summed E-state index contributed by atoms with van der Waals surface area (Å²) < 4.78 is 32.2. The average molecular weight is 380 g/mol. The van der Waals surface area contributed by atoms with Crippen molar-refractivity contribution in [2.75, 3.05) is 19.8 Å². The summed E-state index contributed by atoms with van der Waals surface area (Å²) in [6.07, 6.45) is 0. The van der Waals surface area contributed by atoms with E-state index < -0.39 is 20.5 Å². The Labute approximate surface area is 153 Å². The highest BCUT2D eigenvalue weighted by Gasteiger charge is 2.70. The van der Waals surface area contributed by atoms with Crippen LogP contribution in [0.5, 0.6) is 0 Å². The Kier molecular flexibility index (Phi) is 5.21. The Bertz CT molecular complexity index is 824. The van der Waals surface area contributed by atoms with Gasteiger partial charge >= 0.3 is 0 Å². The summed E-state index contributed by atoms with van der Waals surface area (Å²) in [6, 6.07) is 16.0. The van der Waals surface area contributed by atoms with Crippen LogP contribution in [0.4, 0.5) is 0 Å². The maximum atomic E-state index is 13.3. The van der Waals surface area contributed by atoms with E-state index >= 15 is 0 Å². The molecule has 1 fully saturated rings. The molecule has 2 aromatic carbocycles. The average Bonchev–Trinajstić information content (AvgIpc) is 3.31. The molecule has 0 aliphatic heterocycles. The lowest BCUT2D eigenvalue weighted by Crippen LogP contribution is -2.29. The van der Waals surface area contributed by atoms with E-state index in [1.165, 1.54) is 0 Å². The summed E-state index contributed by atoms with van der Waals surface area (Å²) in [7, 11) is -3.55. The van der Waals surface area contributed by atoms with E-state index in [4.69, 9.17) is 22.1 Å². The van der Waals surface area contributed by atoms with Gasteiger partial charge in [-0.25, -0.2) is 8.42 Å². The first-order chi connectivity index (χ1) is 12.0. The van der Waals surface area contributed by atoms with Gasteiger partial charge in [0.2, 0.25) is 0 Å². The molecule has 0 amide bonds. The number of rotatable bonds is 7. The van der Waals surface area contributed by atoms with Gasteiger partial charge in [-0.1, -0.05) is 41.9 Å². The third-order valence-corrected chi connectivity index (χ3v) is 7.56. The van der Waals surface area contributed by atoms with E-state index in [0.29, 0.717) is 18.2 Å². The predicted octanol–water partition coefficient (Wildman–Crippen LogP) is 3.26. The van der Waals surface area contributed by atoms with Gasteiger partial charge in [0.15, 0.2) is 9.84 Å². The lowest BCUT2D eigenvalue weighted by molar-refractivity contribution is 0.101. The van der Waals surface area contributed by atoms with Gasteiger partial charge in [0.1, 0.15) is 0 Å². The van der Waals surface area contributed by atoms with Crippen LogP contribution in [0.25, 0.3) is 0 Å². The standard InChI is InChI=1S/C19H22ClNO3S/c1-2-24-13-19(12-21)17(14-6-4-3-5-7-14)18(19)25(22,23)16-10-8-15(20)9-11-16/h3-11,17-18H,2,12-13,21H2,1H3/t17-,18-,19+/m0/s1. The molecular formula is C19H22ClNO3S. The first-order valence-corrected chi connectivity index (χ1v) is 10.2. The molecule has 3 rings (SSSR count). The van der Waals surface area contributed by atoms with Crippen LogP contribution in [0, 0.1) is 5.41 Å². The van der Waals surface area contributed by atoms with Crippen LogP contribution in [0.15, 0.2) is 59.5 Å². The molecule has 0 aromatic heterocycles. The van der Waals surface area contributed by atoms with E-state index in [9.17, 15) is 8.42 Å². The van der Waals surface area contributed by atoms with E-state index in [1.54, 1.807) is 24.3 Å². The molecule has 3 atom stereocenters. The summed E-state index contributed by atoms with van der Waals surface area (Å²) >= 11 is 5.90. The molecule has 0 bridgehead atoms. The minimum absolute atomic E-state index is 0.175. The molecule has 1 aliphatic carbocycles. The maximum absolute atomic E-state index is 13.3. The van der Waals surface area contributed by atoms with Crippen molar-refractivity contribution >= 4 is 21.4 Å². The number of ether oxygens (including phenoxy) is 1. The zero-order chi connectivity index (χ0) is 18.1.